The Kier molecular flexibility index (Phi) is 4.59. The van der Waals surface area contributed by atoms with Crippen molar-refractivity contribution in [2.24, 2.45) is 0 Å². The number of halogens is 1. The molecule has 0 N–H and O–H groups in total. The topological polar surface area (TPSA) is 66.4 Å². The minimum Gasteiger partial charge on any atom is -0.352 e. The molecule has 1 saturated heterocycles. The van der Waals surface area contributed by atoms with Crippen LogP contribution in [-0.2, 0) is 10.0 Å². The maximum Gasteiger partial charge on any atom is 0.243 e. The highest BCUT2D eigenvalue weighted by Crippen LogP contribution is 2.20. The van der Waals surface area contributed by atoms with Crippen LogP contribution in [0.5, 0.6) is 0 Å². The fourth-order valence-corrected chi connectivity index (χ4v) is 4.16. The number of hydrogen-bond acceptors (Lipinski definition) is 5. The largest absolute Gasteiger partial charge is 0.352 e. The fourth-order valence-electron chi connectivity index (χ4n) is 2.38. The molecular weight excluding hydrogens is 415 g/mol. The maximum absolute atomic E-state index is 12.6. The minimum atomic E-state index is -3.42. The van der Waals surface area contributed by atoms with Crippen LogP contribution >= 0.6 is 22.6 Å². The van der Waals surface area contributed by atoms with Crippen LogP contribution in [0.4, 0.5) is 5.82 Å². The molecule has 22 heavy (non-hydrogen) atoms. The average Bonchev–Trinajstić information content (AvgIpc) is 2.56. The summed E-state index contributed by atoms with van der Waals surface area (Å²) in [5, 5.41) is 7.92. The van der Waals surface area contributed by atoms with Crippen LogP contribution in [0.3, 0.4) is 0 Å². The molecule has 0 radical (unpaired) electrons. The molecule has 0 amide bonds. The van der Waals surface area contributed by atoms with Gasteiger partial charge in [0.2, 0.25) is 10.0 Å². The van der Waals surface area contributed by atoms with E-state index in [0.717, 1.165) is 9.39 Å². The summed E-state index contributed by atoms with van der Waals surface area (Å²) in [5.74, 6) is 0.786. The molecule has 0 unspecified atom stereocenters. The molecule has 1 fully saturated rings. The number of anilines is 1. The lowest BCUT2D eigenvalue weighted by Crippen LogP contribution is -2.48. The molecule has 1 aliphatic rings. The third-order valence-corrected chi connectivity index (χ3v) is 6.20. The Hall–Kier alpha value is -1.26. The van der Waals surface area contributed by atoms with E-state index in [9.17, 15) is 8.42 Å². The molecule has 0 aliphatic carbocycles. The number of benzene rings is 1. The molecule has 116 valence electrons. The number of rotatable bonds is 3. The summed E-state index contributed by atoms with van der Waals surface area (Å²) in [6, 6.07) is 10.7. The van der Waals surface area contributed by atoms with E-state index < -0.39 is 10.0 Å². The van der Waals surface area contributed by atoms with Gasteiger partial charge in [-0.3, -0.25) is 0 Å². The standard InChI is InChI=1S/C14H15IN4O2S/c15-12-3-5-13(6-4-12)22(20,21)19-10-8-18(9-11-19)14-2-1-7-16-17-14/h1-7H,8-11H2. The SMILES string of the molecule is O=S(=O)(c1ccc(I)cc1)N1CCN(c2cccnn2)CC1. The van der Waals surface area contributed by atoms with Gasteiger partial charge in [0, 0.05) is 35.9 Å². The lowest BCUT2D eigenvalue weighted by Gasteiger charge is -2.34. The molecule has 1 aromatic carbocycles. The highest BCUT2D eigenvalue weighted by atomic mass is 127. The van der Waals surface area contributed by atoms with Crippen molar-refractivity contribution >= 4 is 38.4 Å². The second kappa shape index (κ2) is 6.47. The van der Waals surface area contributed by atoms with Crippen LogP contribution in [0.25, 0.3) is 0 Å². The molecule has 1 aromatic heterocycles. The molecule has 6 nitrogen and oxygen atoms in total. The summed E-state index contributed by atoms with van der Waals surface area (Å²) in [6.07, 6.45) is 1.63. The number of sulfonamides is 1. The predicted molar refractivity (Wildman–Crippen MR) is 92.2 cm³/mol. The predicted octanol–water partition coefficient (Wildman–Crippen LogP) is 1.59. The lowest BCUT2D eigenvalue weighted by atomic mass is 10.3. The Bertz CT molecular complexity index is 729. The van der Waals surface area contributed by atoms with E-state index >= 15 is 0 Å². The zero-order valence-corrected chi connectivity index (χ0v) is 14.7. The van der Waals surface area contributed by atoms with Crippen LogP contribution in [0.1, 0.15) is 0 Å². The van der Waals surface area contributed by atoms with E-state index in [0.29, 0.717) is 31.1 Å². The molecule has 0 spiro atoms. The zero-order valence-electron chi connectivity index (χ0n) is 11.8. The van der Waals surface area contributed by atoms with Crippen molar-refractivity contribution in [1.29, 1.82) is 0 Å². The molecule has 0 saturated carbocycles. The molecule has 0 atom stereocenters. The average molecular weight is 430 g/mol. The minimum absolute atomic E-state index is 0.348. The Labute approximate surface area is 143 Å². The third-order valence-electron chi connectivity index (χ3n) is 3.57. The van der Waals surface area contributed by atoms with E-state index in [2.05, 4.69) is 32.8 Å². The van der Waals surface area contributed by atoms with Crippen LogP contribution in [0.15, 0.2) is 47.5 Å². The number of aromatic nitrogens is 2. The number of piperazine rings is 1. The lowest BCUT2D eigenvalue weighted by molar-refractivity contribution is 0.383. The number of nitrogens with zero attached hydrogens (tertiary/aromatic N) is 4. The van der Waals surface area contributed by atoms with Crippen molar-refractivity contribution < 1.29 is 8.42 Å². The summed E-state index contributed by atoms with van der Waals surface area (Å²) >= 11 is 2.16. The van der Waals surface area contributed by atoms with E-state index in [4.69, 9.17) is 0 Å². The van der Waals surface area contributed by atoms with E-state index in [1.54, 1.807) is 18.3 Å². The first kappa shape index (κ1) is 15.6. The molecule has 3 rings (SSSR count). The highest BCUT2D eigenvalue weighted by molar-refractivity contribution is 14.1. The molecule has 1 aliphatic heterocycles. The van der Waals surface area contributed by atoms with Gasteiger partial charge in [0.05, 0.1) is 4.90 Å². The van der Waals surface area contributed by atoms with Gasteiger partial charge in [0.15, 0.2) is 5.82 Å². The molecular formula is C14H15IN4O2S. The molecule has 8 heteroatoms. The Balaban J connectivity index is 1.72. The smallest absolute Gasteiger partial charge is 0.243 e. The third kappa shape index (κ3) is 3.23. The van der Waals surface area contributed by atoms with Gasteiger partial charge in [-0.15, -0.1) is 5.10 Å². The van der Waals surface area contributed by atoms with Gasteiger partial charge in [0.25, 0.3) is 0 Å². The van der Waals surface area contributed by atoms with E-state index in [-0.39, 0.29) is 0 Å². The second-order valence-corrected chi connectivity index (χ2v) is 8.11. The van der Waals surface area contributed by atoms with Crippen molar-refractivity contribution in [2.75, 3.05) is 31.1 Å². The fraction of sp³-hybridized carbons (Fsp3) is 0.286. The van der Waals surface area contributed by atoms with Crippen molar-refractivity contribution in [3.8, 4) is 0 Å². The van der Waals surface area contributed by atoms with Crippen LogP contribution in [-0.4, -0.2) is 49.1 Å². The quantitative estimate of drug-likeness (QED) is 0.693. The first-order chi connectivity index (χ1) is 10.6. The highest BCUT2D eigenvalue weighted by Gasteiger charge is 2.28. The van der Waals surface area contributed by atoms with Gasteiger partial charge < -0.3 is 4.90 Å². The van der Waals surface area contributed by atoms with Crippen molar-refractivity contribution in [3.05, 3.63) is 46.2 Å². The van der Waals surface area contributed by atoms with Crippen molar-refractivity contribution in [1.82, 2.24) is 14.5 Å². The van der Waals surface area contributed by atoms with E-state index in [1.165, 1.54) is 4.31 Å². The van der Waals surface area contributed by atoms with Gasteiger partial charge in [-0.1, -0.05) is 0 Å². The Morgan fingerprint density at radius 2 is 1.68 bits per heavy atom. The molecule has 2 aromatic rings. The Morgan fingerprint density at radius 1 is 1.00 bits per heavy atom. The monoisotopic (exact) mass is 430 g/mol. The zero-order chi connectivity index (χ0) is 15.6. The normalized spacial score (nSPS) is 16.7. The first-order valence-electron chi connectivity index (χ1n) is 6.86. The summed E-state index contributed by atoms with van der Waals surface area (Å²) in [4.78, 5) is 2.40. The van der Waals surface area contributed by atoms with E-state index in [1.807, 2.05) is 29.2 Å². The number of hydrogen-bond donors (Lipinski definition) is 0. The van der Waals surface area contributed by atoms with Gasteiger partial charge >= 0.3 is 0 Å². The summed E-state index contributed by atoms with van der Waals surface area (Å²) in [6.45, 7) is 2.13. The van der Waals surface area contributed by atoms with Gasteiger partial charge in [-0.05, 0) is 59.0 Å². The summed E-state index contributed by atoms with van der Waals surface area (Å²) < 4.78 is 27.8. The van der Waals surface area contributed by atoms with Gasteiger partial charge in [-0.2, -0.15) is 9.40 Å². The van der Waals surface area contributed by atoms with Crippen LogP contribution in [0, 0.1) is 3.57 Å². The van der Waals surface area contributed by atoms with Crippen LogP contribution in [0.2, 0.25) is 0 Å². The van der Waals surface area contributed by atoms with Crippen molar-refractivity contribution in [3.63, 3.8) is 0 Å². The maximum atomic E-state index is 12.6. The second-order valence-electron chi connectivity index (χ2n) is 4.93. The Morgan fingerprint density at radius 3 is 2.27 bits per heavy atom. The first-order valence-corrected chi connectivity index (χ1v) is 9.37. The summed E-state index contributed by atoms with van der Waals surface area (Å²) in [7, 11) is -3.42. The van der Waals surface area contributed by atoms with Gasteiger partial charge in [-0.25, -0.2) is 8.42 Å². The van der Waals surface area contributed by atoms with Gasteiger partial charge in [0.1, 0.15) is 0 Å². The molecule has 2 heterocycles. The molecule has 0 bridgehead atoms. The van der Waals surface area contributed by atoms with Crippen molar-refractivity contribution in [2.45, 2.75) is 4.90 Å². The summed E-state index contributed by atoms with van der Waals surface area (Å²) in [5.41, 5.74) is 0. The van der Waals surface area contributed by atoms with Crippen LogP contribution < -0.4 is 4.90 Å².